The molecule has 104 valence electrons. The smallest absolute Gasteiger partial charge is 0.122 e. The topological polar surface area (TPSA) is 53.1 Å². The molecule has 4 rings (SSSR count). The number of hydrogen-bond donors (Lipinski definition) is 1. The van der Waals surface area contributed by atoms with Crippen molar-refractivity contribution in [1.82, 2.24) is 9.55 Å². The number of fused-ring (bicyclic) bond motifs is 2. The predicted molar refractivity (Wildman–Crippen MR) is 77.8 cm³/mol. The molecule has 0 fully saturated rings. The van der Waals surface area contributed by atoms with Crippen molar-refractivity contribution in [2.24, 2.45) is 5.73 Å². The molecule has 3 heterocycles. The summed E-state index contributed by atoms with van der Waals surface area (Å²) in [5.74, 6) is 1.04. The molecule has 20 heavy (non-hydrogen) atoms. The summed E-state index contributed by atoms with van der Waals surface area (Å²) in [5, 5.41) is 0. The first kappa shape index (κ1) is 12.0. The average Bonchev–Trinajstić information content (AvgIpc) is 2.89. The zero-order valence-electron chi connectivity index (χ0n) is 11.5. The second-order valence-electron chi connectivity index (χ2n) is 5.77. The Balaban J connectivity index is 1.75. The van der Waals surface area contributed by atoms with Crippen LogP contribution >= 0.6 is 0 Å². The lowest BCUT2D eigenvalue weighted by Crippen LogP contribution is -2.31. The van der Waals surface area contributed by atoms with Crippen LogP contribution in [-0.4, -0.2) is 22.2 Å². The number of benzene rings is 1. The molecule has 0 bridgehead atoms. The molecule has 4 nitrogen and oxygen atoms in total. The van der Waals surface area contributed by atoms with E-state index < -0.39 is 0 Å². The van der Waals surface area contributed by atoms with Crippen LogP contribution in [0.5, 0.6) is 5.75 Å². The van der Waals surface area contributed by atoms with Crippen LogP contribution in [0.15, 0.2) is 24.5 Å². The average molecular weight is 269 g/mol. The molecule has 1 aromatic heterocycles. The van der Waals surface area contributed by atoms with Gasteiger partial charge in [0.1, 0.15) is 5.75 Å². The first-order chi connectivity index (χ1) is 9.81. The predicted octanol–water partition coefficient (Wildman–Crippen LogP) is 2.15. The molecule has 2 aromatic rings. The van der Waals surface area contributed by atoms with Crippen LogP contribution in [0, 0.1) is 0 Å². The summed E-state index contributed by atoms with van der Waals surface area (Å²) in [7, 11) is 0. The Kier molecular flexibility index (Phi) is 2.77. The van der Waals surface area contributed by atoms with Crippen molar-refractivity contribution >= 4 is 0 Å². The van der Waals surface area contributed by atoms with Gasteiger partial charge in [-0.15, -0.1) is 0 Å². The number of nitrogens with zero attached hydrogens (tertiary/aromatic N) is 2. The summed E-state index contributed by atoms with van der Waals surface area (Å²) in [5.41, 5.74) is 11.0. The second-order valence-corrected chi connectivity index (χ2v) is 5.77. The molecule has 0 spiro atoms. The number of aryl methyl sites for hydroxylation is 1. The maximum atomic E-state index is 6.02. The SMILES string of the molecule is NC1CCc2c(-c3ccc4c(c3)CCCO4)ncn2C1. The van der Waals surface area contributed by atoms with Gasteiger partial charge in [0.2, 0.25) is 0 Å². The third-order valence-electron chi connectivity index (χ3n) is 4.31. The Morgan fingerprint density at radius 2 is 2.25 bits per heavy atom. The lowest BCUT2D eigenvalue weighted by atomic mass is 9.98. The maximum absolute atomic E-state index is 6.02. The van der Waals surface area contributed by atoms with Crippen LogP contribution in [0.4, 0.5) is 0 Å². The van der Waals surface area contributed by atoms with E-state index in [1.54, 1.807) is 0 Å². The molecule has 0 saturated carbocycles. The molecule has 0 saturated heterocycles. The Morgan fingerprint density at radius 1 is 1.30 bits per heavy atom. The monoisotopic (exact) mass is 269 g/mol. The standard InChI is InChI=1S/C16H19N3O/c17-13-4-5-14-16(18-10-19(14)9-13)12-3-6-15-11(8-12)2-1-7-20-15/h3,6,8,10,13H,1-2,4-5,7,9,17H2. The molecule has 0 amide bonds. The molecule has 0 aliphatic carbocycles. The number of ether oxygens (including phenoxy) is 1. The molecular formula is C16H19N3O. The van der Waals surface area contributed by atoms with Gasteiger partial charge >= 0.3 is 0 Å². The van der Waals surface area contributed by atoms with E-state index in [2.05, 4.69) is 27.8 Å². The van der Waals surface area contributed by atoms with Gasteiger partial charge in [-0.25, -0.2) is 4.98 Å². The molecule has 0 radical (unpaired) electrons. The van der Waals surface area contributed by atoms with E-state index in [1.807, 2.05) is 6.33 Å². The molecule has 1 aromatic carbocycles. The van der Waals surface area contributed by atoms with Gasteiger partial charge in [0.05, 0.1) is 18.6 Å². The van der Waals surface area contributed by atoms with Crippen molar-refractivity contribution in [2.45, 2.75) is 38.3 Å². The quantitative estimate of drug-likeness (QED) is 0.863. The van der Waals surface area contributed by atoms with Crippen LogP contribution in [0.3, 0.4) is 0 Å². The Bertz CT molecular complexity index is 647. The van der Waals surface area contributed by atoms with Gasteiger partial charge in [-0.3, -0.25) is 0 Å². The number of hydrogen-bond acceptors (Lipinski definition) is 3. The third kappa shape index (κ3) is 1.91. The van der Waals surface area contributed by atoms with Gasteiger partial charge in [-0.1, -0.05) is 0 Å². The summed E-state index contributed by atoms with van der Waals surface area (Å²) in [6.45, 7) is 1.72. The van der Waals surface area contributed by atoms with E-state index in [1.165, 1.54) is 16.8 Å². The molecule has 2 aliphatic rings. The van der Waals surface area contributed by atoms with Crippen LogP contribution in [0.1, 0.15) is 24.1 Å². The number of rotatable bonds is 1. The maximum Gasteiger partial charge on any atom is 0.122 e. The second kappa shape index (κ2) is 4.63. The van der Waals surface area contributed by atoms with E-state index >= 15 is 0 Å². The first-order valence-corrected chi connectivity index (χ1v) is 7.37. The minimum atomic E-state index is 0.265. The highest BCUT2D eigenvalue weighted by atomic mass is 16.5. The lowest BCUT2D eigenvalue weighted by Gasteiger charge is -2.22. The van der Waals surface area contributed by atoms with Crippen molar-refractivity contribution in [3.63, 3.8) is 0 Å². The largest absolute Gasteiger partial charge is 0.493 e. The number of nitrogens with two attached hydrogens (primary N) is 1. The van der Waals surface area contributed by atoms with Crippen LogP contribution in [-0.2, 0) is 19.4 Å². The third-order valence-corrected chi connectivity index (χ3v) is 4.31. The zero-order chi connectivity index (χ0) is 13.5. The van der Waals surface area contributed by atoms with Crippen LogP contribution in [0.2, 0.25) is 0 Å². The Hall–Kier alpha value is -1.81. The summed E-state index contributed by atoms with van der Waals surface area (Å²) < 4.78 is 7.89. The van der Waals surface area contributed by atoms with Gasteiger partial charge in [0.15, 0.2) is 0 Å². The highest BCUT2D eigenvalue weighted by Crippen LogP contribution is 2.32. The summed E-state index contributed by atoms with van der Waals surface area (Å²) in [4.78, 5) is 4.62. The van der Waals surface area contributed by atoms with Gasteiger partial charge in [-0.05, 0) is 49.4 Å². The fourth-order valence-electron chi connectivity index (χ4n) is 3.24. The number of imidazole rings is 1. The van der Waals surface area contributed by atoms with Crippen molar-refractivity contribution in [3.05, 3.63) is 35.8 Å². The molecular weight excluding hydrogens is 250 g/mol. The Labute approximate surface area is 118 Å². The highest BCUT2D eigenvalue weighted by molar-refractivity contribution is 5.65. The van der Waals surface area contributed by atoms with Crippen molar-refractivity contribution < 1.29 is 4.74 Å². The van der Waals surface area contributed by atoms with E-state index in [0.29, 0.717) is 0 Å². The molecule has 2 aliphatic heterocycles. The molecule has 1 atom stereocenters. The van der Waals surface area contributed by atoms with Gasteiger partial charge in [-0.2, -0.15) is 0 Å². The van der Waals surface area contributed by atoms with Crippen LogP contribution < -0.4 is 10.5 Å². The normalized spacial score (nSPS) is 20.9. The summed E-state index contributed by atoms with van der Waals surface area (Å²) in [6, 6.07) is 6.72. The van der Waals surface area contributed by atoms with Crippen molar-refractivity contribution in [1.29, 1.82) is 0 Å². The molecule has 1 unspecified atom stereocenters. The minimum absolute atomic E-state index is 0.265. The fraction of sp³-hybridized carbons (Fsp3) is 0.438. The molecule has 2 N–H and O–H groups in total. The summed E-state index contributed by atoms with van der Waals surface area (Å²) >= 11 is 0. The van der Waals surface area contributed by atoms with Gasteiger partial charge in [0, 0.05) is 23.8 Å². The molecule has 4 heteroatoms. The van der Waals surface area contributed by atoms with Crippen molar-refractivity contribution in [3.8, 4) is 17.0 Å². The first-order valence-electron chi connectivity index (χ1n) is 7.37. The zero-order valence-corrected chi connectivity index (χ0v) is 11.5. The van der Waals surface area contributed by atoms with Crippen molar-refractivity contribution in [2.75, 3.05) is 6.61 Å². The van der Waals surface area contributed by atoms with Crippen LogP contribution in [0.25, 0.3) is 11.3 Å². The van der Waals surface area contributed by atoms with Gasteiger partial charge < -0.3 is 15.0 Å². The van der Waals surface area contributed by atoms with E-state index in [9.17, 15) is 0 Å². The summed E-state index contributed by atoms with van der Waals surface area (Å²) in [6.07, 6.45) is 6.20. The highest BCUT2D eigenvalue weighted by Gasteiger charge is 2.21. The fourth-order valence-corrected chi connectivity index (χ4v) is 3.24. The Morgan fingerprint density at radius 3 is 3.20 bits per heavy atom. The lowest BCUT2D eigenvalue weighted by molar-refractivity contribution is 0.288. The van der Waals surface area contributed by atoms with Gasteiger partial charge in [0.25, 0.3) is 0 Å². The van der Waals surface area contributed by atoms with E-state index in [4.69, 9.17) is 10.5 Å². The van der Waals surface area contributed by atoms with E-state index in [-0.39, 0.29) is 6.04 Å². The number of aromatic nitrogens is 2. The van der Waals surface area contributed by atoms with E-state index in [0.717, 1.165) is 50.3 Å². The minimum Gasteiger partial charge on any atom is -0.493 e.